The number of para-hydroxylation sites is 2. The molecule has 0 saturated heterocycles. The number of fused-ring (bicyclic) bond motifs is 1. The smallest absolute Gasteiger partial charge is 0.245 e. The molecule has 3 aromatic rings. The maximum absolute atomic E-state index is 13.4. The summed E-state index contributed by atoms with van der Waals surface area (Å²) in [6, 6.07) is 7.49. The van der Waals surface area contributed by atoms with Gasteiger partial charge in [0.15, 0.2) is 0 Å². The van der Waals surface area contributed by atoms with E-state index in [9.17, 15) is 9.90 Å². The predicted octanol–water partition coefficient (Wildman–Crippen LogP) is 2.85. The van der Waals surface area contributed by atoms with Crippen LogP contribution in [-0.4, -0.2) is 48.6 Å². The Morgan fingerprint density at radius 3 is 2.68 bits per heavy atom. The molecule has 0 aliphatic rings. The third-order valence-corrected chi connectivity index (χ3v) is 4.80. The second kappa shape index (κ2) is 8.56. The first-order valence-corrected chi connectivity index (χ1v) is 9.76. The van der Waals surface area contributed by atoms with Crippen molar-refractivity contribution in [3.8, 4) is 0 Å². The molecule has 1 aromatic carbocycles. The molecule has 2 aromatic heterocycles. The lowest BCUT2D eigenvalue weighted by molar-refractivity contribution is -0.135. The Hall–Kier alpha value is -2.67. The molecule has 7 nitrogen and oxygen atoms in total. The minimum absolute atomic E-state index is 0.0468. The number of amides is 1. The zero-order valence-corrected chi connectivity index (χ0v) is 17.0. The fraction of sp³-hybridized carbons (Fsp3) is 0.476. The first-order valence-electron chi connectivity index (χ1n) is 9.76. The Morgan fingerprint density at radius 2 is 2.04 bits per heavy atom. The number of nitrogens with one attached hydrogen (secondary N) is 1. The molecular formula is C21H29N5O2. The minimum atomic E-state index is -0.420. The van der Waals surface area contributed by atoms with E-state index in [1.165, 1.54) is 0 Å². The fourth-order valence-electron chi connectivity index (χ4n) is 3.56. The minimum Gasteiger partial charge on any atom is -0.395 e. The topological polar surface area (TPSA) is 87.0 Å². The number of nitrogens with zero attached hydrogens (tertiary/aromatic N) is 4. The number of H-pyrrole nitrogens is 1. The maximum atomic E-state index is 13.4. The van der Waals surface area contributed by atoms with Crippen LogP contribution in [0.5, 0.6) is 0 Å². The molecule has 0 aliphatic carbocycles. The number of imidazole rings is 2. The normalized spacial score (nSPS) is 12.6. The van der Waals surface area contributed by atoms with Crippen molar-refractivity contribution < 1.29 is 9.90 Å². The van der Waals surface area contributed by atoms with Crippen molar-refractivity contribution >= 4 is 16.9 Å². The molecule has 0 radical (unpaired) electrons. The lowest BCUT2D eigenvalue weighted by Crippen LogP contribution is -2.38. The van der Waals surface area contributed by atoms with E-state index in [0.29, 0.717) is 12.5 Å². The first-order chi connectivity index (χ1) is 13.4. The van der Waals surface area contributed by atoms with E-state index < -0.39 is 6.04 Å². The largest absolute Gasteiger partial charge is 0.395 e. The molecule has 3 rings (SSSR count). The van der Waals surface area contributed by atoms with Gasteiger partial charge in [-0.3, -0.25) is 4.79 Å². The van der Waals surface area contributed by atoms with Crippen LogP contribution in [0.3, 0.4) is 0 Å². The zero-order valence-electron chi connectivity index (χ0n) is 17.0. The van der Waals surface area contributed by atoms with Crippen LogP contribution in [0.15, 0.2) is 30.5 Å². The molecular weight excluding hydrogens is 354 g/mol. The Labute approximate surface area is 165 Å². The number of aliphatic hydroxyl groups is 1. The SMILES string of the molecule is Cc1ncc(CN(CCO)C(=O)C(C)n2c(CC(C)C)nc3ccccc32)[nH]1. The van der Waals surface area contributed by atoms with Gasteiger partial charge in [-0.15, -0.1) is 0 Å². The van der Waals surface area contributed by atoms with Crippen molar-refractivity contribution in [1.82, 2.24) is 24.4 Å². The van der Waals surface area contributed by atoms with Gasteiger partial charge in [0.05, 0.1) is 36.1 Å². The molecule has 0 fully saturated rings. The maximum Gasteiger partial charge on any atom is 0.245 e. The number of rotatable bonds is 8. The highest BCUT2D eigenvalue weighted by Gasteiger charge is 2.26. The summed E-state index contributed by atoms with van der Waals surface area (Å²) in [5, 5.41) is 9.49. The Balaban J connectivity index is 1.94. The number of aliphatic hydroxyl groups excluding tert-OH is 1. The summed E-state index contributed by atoms with van der Waals surface area (Å²) in [7, 11) is 0. The summed E-state index contributed by atoms with van der Waals surface area (Å²) >= 11 is 0. The summed E-state index contributed by atoms with van der Waals surface area (Å²) in [5.41, 5.74) is 2.71. The number of hydrogen-bond donors (Lipinski definition) is 2. The summed E-state index contributed by atoms with van der Waals surface area (Å²) < 4.78 is 2.04. The van der Waals surface area contributed by atoms with Gasteiger partial charge in [0.25, 0.3) is 0 Å². The van der Waals surface area contributed by atoms with Crippen LogP contribution in [0.25, 0.3) is 11.0 Å². The van der Waals surface area contributed by atoms with Gasteiger partial charge in [0, 0.05) is 13.0 Å². The molecule has 0 bridgehead atoms. The summed E-state index contributed by atoms with van der Waals surface area (Å²) in [6.45, 7) is 8.64. The molecule has 2 N–H and O–H groups in total. The number of aromatic amines is 1. The molecule has 1 unspecified atom stereocenters. The van der Waals surface area contributed by atoms with Gasteiger partial charge in [0.2, 0.25) is 5.91 Å². The van der Waals surface area contributed by atoms with Crippen molar-refractivity contribution in [3.63, 3.8) is 0 Å². The van der Waals surface area contributed by atoms with Crippen LogP contribution in [-0.2, 0) is 17.8 Å². The van der Waals surface area contributed by atoms with E-state index >= 15 is 0 Å². The van der Waals surface area contributed by atoms with E-state index in [4.69, 9.17) is 4.98 Å². The van der Waals surface area contributed by atoms with E-state index in [-0.39, 0.29) is 19.1 Å². The highest BCUT2D eigenvalue weighted by atomic mass is 16.3. The number of carbonyl (C=O) groups excluding carboxylic acids is 1. The lowest BCUT2D eigenvalue weighted by atomic mass is 10.1. The average Bonchev–Trinajstić information content (AvgIpc) is 3.22. The van der Waals surface area contributed by atoms with Crippen LogP contribution >= 0.6 is 0 Å². The van der Waals surface area contributed by atoms with E-state index in [1.54, 1.807) is 11.1 Å². The van der Waals surface area contributed by atoms with Gasteiger partial charge >= 0.3 is 0 Å². The number of benzene rings is 1. The standard InChI is InChI=1S/C21H29N5O2/c1-14(2)11-20-24-18-7-5-6-8-19(18)26(20)15(3)21(28)25(9-10-27)13-17-12-22-16(4)23-17/h5-8,12,14-15,27H,9-11,13H2,1-4H3,(H,22,23). The van der Waals surface area contributed by atoms with Crippen molar-refractivity contribution in [2.45, 2.75) is 46.7 Å². The summed E-state index contributed by atoms with van der Waals surface area (Å²) in [4.78, 5) is 27.2. The Kier molecular flexibility index (Phi) is 6.14. The quantitative estimate of drug-likeness (QED) is 0.626. The number of carbonyl (C=O) groups is 1. The van der Waals surface area contributed by atoms with Crippen molar-refractivity contribution in [1.29, 1.82) is 0 Å². The zero-order chi connectivity index (χ0) is 20.3. The molecule has 2 heterocycles. The molecule has 0 aliphatic heterocycles. The Bertz CT molecular complexity index is 943. The van der Waals surface area contributed by atoms with E-state index in [1.807, 2.05) is 42.7 Å². The monoisotopic (exact) mass is 383 g/mol. The molecule has 0 saturated carbocycles. The molecule has 0 spiro atoms. The summed E-state index contributed by atoms with van der Waals surface area (Å²) in [6.07, 6.45) is 2.53. The Morgan fingerprint density at radius 1 is 1.29 bits per heavy atom. The molecule has 150 valence electrons. The average molecular weight is 383 g/mol. The van der Waals surface area contributed by atoms with Crippen LogP contribution in [0.1, 0.15) is 44.2 Å². The van der Waals surface area contributed by atoms with Gasteiger partial charge in [-0.05, 0) is 31.9 Å². The molecule has 7 heteroatoms. The van der Waals surface area contributed by atoms with Crippen LogP contribution in [0, 0.1) is 12.8 Å². The van der Waals surface area contributed by atoms with Crippen LogP contribution in [0.4, 0.5) is 0 Å². The van der Waals surface area contributed by atoms with E-state index in [2.05, 4.69) is 23.8 Å². The van der Waals surface area contributed by atoms with Crippen LogP contribution in [0.2, 0.25) is 0 Å². The second-order valence-electron chi connectivity index (χ2n) is 7.64. The van der Waals surface area contributed by atoms with Gasteiger partial charge in [-0.1, -0.05) is 26.0 Å². The highest BCUT2D eigenvalue weighted by Crippen LogP contribution is 2.24. The highest BCUT2D eigenvalue weighted by molar-refractivity contribution is 5.84. The third kappa shape index (κ3) is 4.25. The van der Waals surface area contributed by atoms with Crippen molar-refractivity contribution in [2.24, 2.45) is 5.92 Å². The third-order valence-electron chi connectivity index (χ3n) is 4.80. The van der Waals surface area contributed by atoms with Gasteiger partial charge in [-0.25, -0.2) is 9.97 Å². The summed E-state index contributed by atoms with van der Waals surface area (Å²) in [5.74, 6) is 2.10. The van der Waals surface area contributed by atoms with Gasteiger partial charge < -0.3 is 19.6 Å². The van der Waals surface area contributed by atoms with Gasteiger partial charge in [-0.2, -0.15) is 0 Å². The van der Waals surface area contributed by atoms with Crippen molar-refractivity contribution in [3.05, 3.63) is 47.8 Å². The van der Waals surface area contributed by atoms with Crippen molar-refractivity contribution in [2.75, 3.05) is 13.2 Å². The van der Waals surface area contributed by atoms with E-state index in [0.717, 1.165) is 34.8 Å². The fourth-order valence-corrected chi connectivity index (χ4v) is 3.56. The lowest BCUT2D eigenvalue weighted by Gasteiger charge is -2.26. The number of aryl methyl sites for hydroxylation is 1. The second-order valence-corrected chi connectivity index (χ2v) is 7.64. The molecule has 1 atom stereocenters. The first kappa shape index (κ1) is 20.1. The number of aromatic nitrogens is 4. The molecule has 28 heavy (non-hydrogen) atoms. The molecule has 1 amide bonds. The van der Waals surface area contributed by atoms with Crippen LogP contribution < -0.4 is 0 Å². The number of hydrogen-bond acceptors (Lipinski definition) is 4. The predicted molar refractivity (Wildman–Crippen MR) is 109 cm³/mol. The van der Waals surface area contributed by atoms with Gasteiger partial charge in [0.1, 0.15) is 17.7 Å².